The van der Waals surface area contributed by atoms with Crippen molar-refractivity contribution in [3.05, 3.63) is 99.7 Å². The summed E-state index contributed by atoms with van der Waals surface area (Å²) in [4.78, 5) is 44.6. The average Bonchev–Trinajstić information content (AvgIpc) is 4.01. The number of rotatable bonds is 11. The van der Waals surface area contributed by atoms with Crippen molar-refractivity contribution in [1.29, 1.82) is 0 Å². The summed E-state index contributed by atoms with van der Waals surface area (Å²) < 4.78 is 91.5. The van der Waals surface area contributed by atoms with Crippen LogP contribution < -0.4 is 29.3 Å². The molecule has 18 nitrogen and oxygen atoms in total. The Hall–Kier alpha value is -6.20. The van der Waals surface area contributed by atoms with Gasteiger partial charge in [-0.3, -0.25) is 29.6 Å². The highest BCUT2D eigenvalue weighted by Gasteiger charge is 2.50. The number of piperidine rings is 1. The van der Waals surface area contributed by atoms with Crippen molar-refractivity contribution in [2.24, 2.45) is 5.41 Å². The molecule has 4 atom stereocenters. The van der Waals surface area contributed by atoms with E-state index in [1.807, 2.05) is 0 Å². The highest BCUT2D eigenvalue weighted by molar-refractivity contribution is 7.90. The van der Waals surface area contributed by atoms with Crippen LogP contribution in [-0.2, 0) is 14.8 Å². The maximum Gasteiger partial charge on any atom is 0.425 e. The van der Waals surface area contributed by atoms with Crippen molar-refractivity contribution in [2.75, 3.05) is 87.3 Å². The number of alkyl halides is 3. The lowest BCUT2D eigenvalue weighted by Crippen LogP contribution is -2.61. The van der Waals surface area contributed by atoms with Crippen LogP contribution in [0.2, 0.25) is 0 Å². The number of fused-ring (bicyclic) bond motifs is 3. The predicted molar refractivity (Wildman–Crippen MR) is 279 cm³/mol. The Morgan fingerprint density at radius 3 is 2.47 bits per heavy atom. The number of benzene rings is 3. The number of H-pyrrole nitrogens is 1. The molecule has 404 valence electrons. The Morgan fingerprint density at radius 1 is 0.934 bits per heavy atom. The molecular weight excluding hydrogens is 1010 g/mol. The zero-order chi connectivity index (χ0) is 52.7. The Balaban J connectivity index is 0.806. The van der Waals surface area contributed by atoms with Crippen LogP contribution in [0, 0.1) is 22.5 Å². The second-order valence-electron chi connectivity index (χ2n) is 22.0. The first-order valence-corrected chi connectivity index (χ1v) is 28.0. The van der Waals surface area contributed by atoms with Gasteiger partial charge in [0.15, 0.2) is 17.5 Å². The van der Waals surface area contributed by atoms with E-state index in [-0.39, 0.29) is 64.9 Å². The van der Waals surface area contributed by atoms with Gasteiger partial charge in [0.2, 0.25) is 5.88 Å². The number of hydrogen-bond acceptors (Lipinski definition) is 15. The quantitative estimate of drug-likeness (QED) is 0.0854. The molecule has 1 saturated carbocycles. The largest absolute Gasteiger partial charge is 0.489 e. The van der Waals surface area contributed by atoms with Gasteiger partial charge in [-0.1, -0.05) is 24.3 Å². The number of carbonyl (C=O) groups excluding carboxylic acids is 1. The molecular formula is C54H63F3N10O8S. The minimum Gasteiger partial charge on any atom is -0.489 e. The Labute approximate surface area is 439 Å². The summed E-state index contributed by atoms with van der Waals surface area (Å²) in [6.07, 6.45) is 0.505. The molecule has 7 aliphatic rings. The Morgan fingerprint density at radius 2 is 1.74 bits per heavy atom. The van der Waals surface area contributed by atoms with Crippen LogP contribution in [0.3, 0.4) is 0 Å². The van der Waals surface area contributed by atoms with Crippen LogP contribution in [0.15, 0.2) is 77.8 Å². The fourth-order valence-corrected chi connectivity index (χ4v) is 14.1. The monoisotopic (exact) mass is 1070 g/mol. The van der Waals surface area contributed by atoms with E-state index in [9.17, 15) is 36.5 Å². The molecule has 6 aliphatic heterocycles. The molecule has 76 heavy (non-hydrogen) atoms. The minimum absolute atomic E-state index is 0.0335. The van der Waals surface area contributed by atoms with Gasteiger partial charge in [-0.25, -0.2) is 13.1 Å². The van der Waals surface area contributed by atoms with Crippen LogP contribution in [0.4, 0.5) is 41.6 Å². The maximum atomic E-state index is 14.7. The lowest BCUT2D eigenvalue weighted by atomic mass is 9.59. The highest BCUT2D eigenvalue weighted by atomic mass is 32.2. The number of pyridine rings is 1. The number of carbonyl (C=O) groups is 1. The number of aromatic amines is 1. The number of ether oxygens (including phenoxy) is 3. The Bertz CT molecular complexity index is 3160. The summed E-state index contributed by atoms with van der Waals surface area (Å²) in [7, 11) is -4.84. The fourth-order valence-electron chi connectivity index (χ4n) is 13.1. The molecule has 8 heterocycles. The number of nitrogens with one attached hydrogen (secondary N) is 3. The van der Waals surface area contributed by atoms with Gasteiger partial charge in [0, 0.05) is 99.8 Å². The summed E-state index contributed by atoms with van der Waals surface area (Å²) >= 11 is 0. The molecule has 5 fully saturated rings. The molecule has 3 N–H and O–H groups in total. The number of anilines is 4. The van der Waals surface area contributed by atoms with Crippen molar-refractivity contribution >= 4 is 55.4 Å². The van der Waals surface area contributed by atoms with E-state index in [1.165, 1.54) is 28.5 Å². The summed E-state index contributed by atoms with van der Waals surface area (Å²) in [6.45, 7) is 11.1. The number of nitro benzene ring substituents is 1. The molecule has 4 saturated heterocycles. The zero-order valence-electron chi connectivity index (χ0n) is 42.6. The molecule has 22 heteroatoms. The minimum atomic E-state index is -4.84. The normalized spacial score (nSPS) is 24.6. The fraction of sp³-hybridized carbons (Fsp3) is 0.519. The van der Waals surface area contributed by atoms with Crippen molar-refractivity contribution in [3.8, 4) is 11.6 Å². The smallest absolute Gasteiger partial charge is 0.425 e. The van der Waals surface area contributed by atoms with Gasteiger partial charge in [-0.05, 0) is 106 Å². The van der Waals surface area contributed by atoms with E-state index in [2.05, 4.69) is 77.7 Å². The average molecular weight is 1070 g/mol. The molecule has 1 amide bonds. The first-order valence-electron chi connectivity index (χ1n) is 26.5. The molecule has 5 aromatic rings. The molecule has 1 aliphatic carbocycles. The van der Waals surface area contributed by atoms with Crippen LogP contribution >= 0.6 is 0 Å². The number of sulfonamides is 1. The number of hydrogen-bond donors (Lipinski definition) is 3. The third-order valence-electron chi connectivity index (χ3n) is 17.3. The van der Waals surface area contributed by atoms with E-state index in [4.69, 9.17) is 14.2 Å². The van der Waals surface area contributed by atoms with Crippen LogP contribution in [-0.4, -0.2) is 153 Å². The molecule has 0 bridgehead atoms. The van der Waals surface area contributed by atoms with Gasteiger partial charge in [0.1, 0.15) is 17.9 Å². The SMILES string of the molecule is Cc1ccccc1[C@@H]1CCCN1C1CC2(CCN(c3ccc(C(=O)NS(=O)(=O)c4cc5c(c([N+](=O)[O-])c4)N[C@@H](CN4CCN(C6COC6)[C@H](C)C4)CO5)c(N4CC[C@@H](C(F)(F)F)Oc5nc6[nH]ccc6cc54)c3)CC2)C1. The zero-order valence-corrected chi connectivity index (χ0v) is 43.4. The van der Waals surface area contributed by atoms with E-state index in [0.29, 0.717) is 54.5 Å². The third kappa shape index (κ3) is 9.57. The van der Waals surface area contributed by atoms with Gasteiger partial charge in [-0.15, -0.1) is 0 Å². The summed E-state index contributed by atoms with van der Waals surface area (Å²) in [5.74, 6) is -1.47. The van der Waals surface area contributed by atoms with Gasteiger partial charge < -0.3 is 34.3 Å². The highest BCUT2D eigenvalue weighted by Crippen LogP contribution is 2.54. The lowest BCUT2D eigenvalue weighted by molar-refractivity contribution is -0.384. The predicted octanol–water partition coefficient (Wildman–Crippen LogP) is 7.91. The van der Waals surface area contributed by atoms with Gasteiger partial charge in [0.25, 0.3) is 21.6 Å². The lowest BCUT2D eigenvalue weighted by Gasteiger charge is -2.56. The van der Waals surface area contributed by atoms with E-state index in [0.717, 1.165) is 83.6 Å². The summed E-state index contributed by atoms with van der Waals surface area (Å²) in [5.41, 5.74) is 3.56. The van der Waals surface area contributed by atoms with Crippen molar-refractivity contribution in [2.45, 2.75) is 106 Å². The second kappa shape index (κ2) is 19.7. The van der Waals surface area contributed by atoms with Crippen LogP contribution in [0.5, 0.6) is 11.6 Å². The number of halogens is 3. The summed E-state index contributed by atoms with van der Waals surface area (Å²) in [5, 5.41) is 16.4. The van der Waals surface area contributed by atoms with E-state index >= 15 is 0 Å². The number of likely N-dealkylation sites (tertiary alicyclic amines) is 1. The van der Waals surface area contributed by atoms with E-state index in [1.54, 1.807) is 30.5 Å². The standard InChI is InChI=1S/C54H63F3N10O8S/c1-33-6-3-4-7-41(33)43-8-5-16-65(43)38-26-53(27-38)13-18-63(19-14-53)37-9-10-42(44(23-37)66-17-12-48(54(55,56)57)75-52-46(66)22-35-11-15-58-50(35)60-52)51(68)61-76(71,72)40-24-45(67(69)70)49-47(25-40)74-30-36(59-49)29-62-20-21-64(34(2)28-62)39-31-73-32-39/h3-4,6-7,9-11,15,22-25,34,36,38-39,43,48,59H,5,8,12-14,16-21,26-32H2,1-2H3,(H,58,60)(H,61,68)/t34-,36+,43+,48+/m1/s1. The molecule has 1 spiro atoms. The first-order chi connectivity index (χ1) is 36.5. The molecule has 0 radical (unpaired) electrons. The second-order valence-corrected chi connectivity index (χ2v) is 23.7. The molecule has 3 aromatic carbocycles. The van der Waals surface area contributed by atoms with Crippen molar-refractivity contribution < 1.29 is 45.5 Å². The third-order valence-corrected chi connectivity index (χ3v) is 18.6. The number of aryl methyl sites for hydroxylation is 1. The number of aromatic nitrogens is 2. The number of amides is 1. The molecule has 0 unspecified atom stereocenters. The first kappa shape index (κ1) is 50.6. The van der Waals surface area contributed by atoms with Crippen molar-refractivity contribution in [3.63, 3.8) is 0 Å². The molecule has 12 rings (SSSR count). The van der Waals surface area contributed by atoms with Gasteiger partial charge in [-0.2, -0.15) is 18.2 Å². The topological polar surface area (TPSA) is 191 Å². The molecule has 2 aromatic heterocycles. The maximum absolute atomic E-state index is 14.7. The van der Waals surface area contributed by atoms with E-state index < -0.39 is 50.1 Å². The number of nitro groups is 1. The van der Waals surface area contributed by atoms with Crippen LogP contribution in [0.25, 0.3) is 11.0 Å². The van der Waals surface area contributed by atoms with Crippen molar-refractivity contribution in [1.82, 2.24) is 29.4 Å². The Kier molecular flexibility index (Phi) is 13.1. The summed E-state index contributed by atoms with van der Waals surface area (Å²) in [6, 6.07) is 20.3. The number of nitrogens with zero attached hydrogens (tertiary/aromatic N) is 7. The van der Waals surface area contributed by atoms with Gasteiger partial charge in [0.05, 0.1) is 46.4 Å². The van der Waals surface area contributed by atoms with Gasteiger partial charge >= 0.3 is 6.18 Å². The number of piperazine rings is 1. The van der Waals surface area contributed by atoms with Crippen LogP contribution in [0.1, 0.15) is 79.4 Å².